The molecule has 1 amide bonds. The second-order valence-electron chi connectivity index (χ2n) is 7.52. The highest BCUT2D eigenvalue weighted by atomic mass is 35.5. The first-order chi connectivity index (χ1) is 16.8. The Morgan fingerprint density at radius 2 is 1.91 bits per heavy atom. The molecule has 5 rings (SSSR count). The molecule has 35 heavy (non-hydrogen) atoms. The monoisotopic (exact) mass is 542 g/mol. The van der Waals surface area contributed by atoms with E-state index in [1.54, 1.807) is 34.8 Å². The first kappa shape index (κ1) is 23.4. The molecule has 0 aliphatic rings. The van der Waals surface area contributed by atoms with Crippen LogP contribution in [0.15, 0.2) is 52.9 Å². The second kappa shape index (κ2) is 9.38. The van der Waals surface area contributed by atoms with E-state index in [2.05, 4.69) is 25.9 Å². The highest BCUT2D eigenvalue weighted by Crippen LogP contribution is 2.33. The van der Waals surface area contributed by atoms with E-state index in [4.69, 9.17) is 39.8 Å². The first-order valence-corrected chi connectivity index (χ1v) is 12.2. The smallest absolute Gasteiger partial charge is 0.293 e. The number of hydrogen-bond acceptors (Lipinski definition) is 7. The van der Waals surface area contributed by atoms with Crippen molar-refractivity contribution in [3.05, 3.63) is 75.7 Å². The maximum atomic E-state index is 12.7. The van der Waals surface area contributed by atoms with Gasteiger partial charge in [0.1, 0.15) is 10.8 Å². The van der Waals surface area contributed by atoms with Crippen molar-refractivity contribution in [1.29, 1.82) is 0 Å². The summed E-state index contributed by atoms with van der Waals surface area (Å²) in [6.45, 7) is 3.80. The normalized spacial score (nSPS) is 11.1. The molecule has 176 valence electrons. The van der Waals surface area contributed by atoms with Gasteiger partial charge in [-0.05, 0) is 68.0 Å². The molecule has 0 radical (unpaired) electrons. The van der Waals surface area contributed by atoms with E-state index in [1.807, 2.05) is 32.0 Å². The van der Waals surface area contributed by atoms with Gasteiger partial charge in [0.15, 0.2) is 16.7 Å². The minimum atomic E-state index is -0.496. The average molecular weight is 543 g/mol. The number of anilines is 1. The summed E-state index contributed by atoms with van der Waals surface area (Å²) in [5.74, 6) is 0.730. The molecular formula is C23H16Cl2N6O2S2. The third-order valence-corrected chi connectivity index (χ3v) is 6.91. The Bertz CT molecular complexity index is 1610. The molecule has 0 saturated heterocycles. The van der Waals surface area contributed by atoms with Crippen LogP contribution in [0.2, 0.25) is 10.0 Å². The highest BCUT2D eigenvalue weighted by Gasteiger charge is 2.17. The number of aromatic nitrogens is 4. The molecule has 0 saturated carbocycles. The van der Waals surface area contributed by atoms with Crippen molar-refractivity contribution in [3.8, 4) is 21.9 Å². The van der Waals surface area contributed by atoms with Crippen LogP contribution >= 0.6 is 46.8 Å². The van der Waals surface area contributed by atoms with Crippen LogP contribution in [-0.4, -0.2) is 30.8 Å². The minimum absolute atomic E-state index is 0.0841. The number of furan rings is 1. The number of thiocarbonyl (C=S) groups is 1. The molecule has 12 heteroatoms. The molecule has 2 aromatic carbocycles. The number of benzene rings is 2. The zero-order chi connectivity index (χ0) is 24.7. The molecule has 3 aromatic heterocycles. The van der Waals surface area contributed by atoms with Gasteiger partial charge in [0.2, 0.25) is 4.96 Å². The summed E-state index contributed by atoms with van der Waals surface area (Å²) in [6, 6.07) is 13.9. The molecule has 0 aliphatic heterocycles. The zero-order valence-electron chi connectivity index (χ0n) is 18.3. The summed E-state index contributed by atoms with van der Waals surface area (Å²) in [5.41, 5.74) is 3.17. The predicted octanol–water partition coefficient (Wildman–Crippen LogP) is 6.16. The van der Waals surface area contributed by atoms with Crippen molar-refractivity contribution in [2.24, 2.45) is 0 Å². The third kappa shape index (κ3) is 4.65. The summed E-state index contributed by atoms with van der Waals surface area (Å²) in [5, 5.41) is 20.4. The summed E-state index contributed by atoms with van der Waals surface area (Å²) in [7, 11) is 0. The van der Waals surface area contributed by atoms with Crippen LogP contribution < -0.4 is 10.6 Å². The summed E-state index contributed by atoms with van der Waals surface area (Å²) in [4.78, 5) is 13.4. The molecule has 5 aromatic rings. The number of carbonyl (C=O) groups is 1. The van der Waals surface area contributed by atoms with E-state index in [9.17, 15) is 4.79 Å². The largest absolute Gasteiger partial charge is 0.451 e. The number of amides is 1. The molecule has 0 fully saturated rings. The lowest BCUT2D eigenvalue weighted by molar-refractivity contribution is 0.0951. The first-order valence-electron chi connectivity index (χ1n) is 10.3. The van der Waals surface area contributed by atoms with E-state index < -0.39 is 5.91 Å². The molecule has 0 bridgehead atoms. The molecule has 2 N–H and O–H groups in total. The fourth-order valence-electron chi connectivity index (χ4n) is 3.44. The van der Waals surface area contributed by atoms with Gasteiger partial charge in [-0.3, -0.25) is 10.1 Å². The quantitative estimate of drug-likeness (QED) is 0.262. The van der Waals surface area contributed by atoms with Crippen LogP contribution in [0.1, 0.15) is 21.9 Å². The fraction of sp³-hybridized carbons (Fsp3) is 0.0870. The molecular weight excluding hydrogens is 527 g/mol. The van der Waals surface area contributed by atoms with Crippen LogP contribution in [0.3, 0.4) is 0 Å². The number of fused-ring (bicyclic) bond motifs is 1. The standard InChI is InChI=1S/C23H16Cl2N6O2S2/c1-11-14(21-30-31-12(2)28-29-23(31)35-21)4-3-5-17(11)26-22(34)27-20(32)19-9-8-18(33-19)15-10-13(24)6-7-16(15)25/h3-10H,1-2H3,(H2,26,27,32,34). The third-order valence-electron chi connectivity index (χ3n) is 5.21. The minimum Gasteiger partial charge on any atom is -0.451 e. The Morgan fingerprint density at radius 3 is 2.71 bits per heavy atom. The van der Waals surface area contributed by atoms with Gasteiger partial charge in [0.05, 0.1) is 5.02 Å². The van der Waals surface area contributed by atoms with E-state index >= 15 is 0 Å². The van der Waals surface area contributed by atoms with Crippen molar-refractivity contribution >= 4 is 68.4 Å². The second-order valence-corrected chi connectivity index (χ2v) is 9.73. The Hall–Kier alpha value is -3.31. The van der Waals surface area contributed by atoms with E-state index in [1.165, 1.54) is 11.3 Å². The van der Waals surface area contributed by atoms with Crippen molar-refractivity contribution in [2.75, 3.05) is 5.32 Å². The van der Waals surface area contributed by atoms with Crippen LogP contribution in [0.4, 0.5) is 5.69 Å². The van der Waals surface area contributed by atoms with Gasteiger partial charge >= 0.3 is 0 Å². The number of nitrogens with zero attached hydrogens (tertiary/aromatic N) is 4. The SMILES string of the molecule is Cc1c(NC(=S)NC(=O)c2ccc(-c3cc(Cl)ccc3Cl)o2)cccc1-c1nn2c(C)nnc2s1. The maximum Gasteiger partial charge on any atom is 0.293 e. The number of rotatable bonds is 4. The van der Waals surface area contributed by atoms with Crippen LogP contribution in [0.25, 0.3) is 26.9 Å². The predicted molar refractivity (Wildman–Crippen MR) is 141 cm³/mol. The molecule has 0 atom stereocenters. The fourth-order valence-corrected chi connectivity index (χ4v) is 4.99. The molecule has 0 aliphatic carbocycles. The van der Waals surface area contributed by atoms with Crippen LogP contribution in [-0.2, 0) is 0 Å². The highest BCUT2D eigenvalue weighted by molar-refractivity contribution is 7.80. The summed E-state index contributed by atoms with van der Waals surface area (Å²) >= 11 is 19.1. The molecule has 8 nitrogen and oxygen atoms in total. The Balaban J connectivity index is 1.31. The van der Waals surface area contributed by atoms with Crippen molar-refractivity contribution in [1.82, 2.24) is 25.1 Å². The van der Waals surface area contributed by atoms with Gasteiger partial charge in [-0.2, -0.15) is 9.61 Å². The Labute approximate surface area is 218 Å². The topological polar surface area (TPSA) is 97.3 Å². The van der Waals surface area contributed by atoms with E-state index in [0.29, 0.717) is 21.4 Å². The zero-order valence-corrected chi connectivity index (χ0v) is 21.4. The lowest BCUT2D eigenvalue weighted by atomic mass is 10.1. The maximum absolute atomic E-state index is 12.7. The van der Waals surface area contributed by atoms with Gasteiger partial charge in [-0.25, -0.2) is 0 Å². The van der Waals surface area contributed by atoms with Gasteiger partial charge in [-0.1, -0.05) is 46.7 Å². The molecule has 0 unspecified atom stereocenters. The Kier molecular flexibility index (Phi) is 6.28. The van der Waals surface area contributed by atoms with Crippen LogP contribution in [0.5, 0.6) is 0 Å². The van der Waals surface area contributed by atoms with Crippen LogP contribution in [0, 0.1) is 13.8 Å². The summed E-state index contributed by atoms with van der Waals surface area (Å²) in [6.07, 6.45) is 0. The summed E-state index contributed by atoms with van der Waals surface area (Å²) < 4.78 is 7.39. The van der Waals surface area contributed by atoms with Gasteiger partial charge in [-0.15, -0.1) is 10.2 Å². The Morgan fingerprint density at radius 1 is 1.09 bits per heavy atom. The lowest BCUT2D eigenvalue weighted by Crippen LogP contribution is -2.34. The van der Waals surface area contributed by atoms with E-state index in [-0.39, 0.29) is 10.9 Å². The molecule has 3 heterocycles. The number of nitrogens with one attached hydrogen (secondary N) is 2. The number of halogens is 2. The van der Waals surface area contributed by atoms with Crippen molar-refractivity contribution < 1.29 is 9.21 Å². The van der Waals surface area contributed by atoms with E-state index in [0.717, 1.165) is 32.6 Å². The van der Waals surface area contributed by atoms with Gasteiger partial charge < -0.3 is 9.73 Å². The van der Waals surface area contributed by atoms with Gasteiger partial charge in [0.25, 0.3) is 5.91 Å². The van der Waals surface area contributed by atoms with Crippen molar-refractivity contribution in [2.45, 2.75) is 13.8 Å². The van der Waals surface area contributed by atoms with Crippen molar-refractivity contribution in [3.63, 3.8) is 0 Å². The average Bonchev–Trinajstić information content (AvgIpc) is 3.55. The number of aryl methyl sites for hydroxylation is 1. The van der Waals surface area contributed by atoms with Gasteiger partial charge in [0, 0.05) is 21.8 Å². The number of carbonyl (C=O) groups excluding carboxylic acids is 1. The molecule has 0 spiro atoms. The number of hydrogen-bond donors (Lipinski definition) is 2. The lowest BCUT2D eigenvalue weighted by Gasteiger charge is -2.13.